The molecule has 166 valence electrons. The van der Waals surface area contributed by atoms with Gasteiger partial charge < -0.3 is 15.0 Å². The summed E-state index contributed by atoms with van der Waals surface area (Å²) in [6.07, 6.45) is 0.0345. The number of piperidine rings is 1. The third kappa shape index (κ3) is 4.28. The molecular formula is C19H23F2N7O3. The van der Waals surface area contributed by atoms with Gasteiger partial charge in [-0.3, -0.25) is 9.69 Å². The molecule has 0 spiro atoms. The van der Waals surface area contributed by atoms with Gasteiger partial charge in [-0.25, -0.2) is 18.3 Å². The lowest BCUT2D eigenvalue weighted by molar-refractivity contribution is -0.119. The Balaban J connectivity index is 1.45. The van der Waals surface area contributed by atoms with Crippen LogP contribution in [0.5, 0.6) is 0 Å². The number of halogens is 2. The van der Waals surface area contributed by atoms with E-state index in [1.165, 1.54) is 6.92 Å². The highest BCUT2D eigenvalue weighted by Crippen LogP contribution is 2.34. The van der Waals surface area contributed by atoms with Gasteiger partial charge in [0.25, 0.3) is 0 Å². The number of amides is 2. The van der Waals surface area contributed by atoms with Crippen molar-refractivity contribution in [2.24, 2.45) is 7.05 Å². The summed E-state index contributed by atoms with van der Waals surface area (Å²) in [5, 5.41) is 14.1. The van der Waals surface area contributed by atoms with Crippen LogP contribution in [0.25, 0.3) is 0 Å². The number of aromatic nitrogens is 4. The number of nitrogens with one attached hydrogen (secondary N) is 1. The predicted molar refractivity (Wildman–Crippen MR) is 106 cm³/mol. The fourth-order valence-corrected chi connectivity index (χ4v) is 4.05. The van der Waals surface area contributed by atoms with Crippen LogP contribution in [-0.4, -0.2) is 64.5 Å². The van der Waals surface area contributed by atoms with E-state index in [0.29, 0.717) is 25.9 Å². The number of carbonyl (C=O) groups is 2. The van der Waals surface area contributed by atoms with E-state index in [1.807, 2.05) is 0 Å². The van der Waals surface area contributed by atoms with Gasteiger partial charge >= 0.3 is 6.09 Å². The fourth-order valence-electron chi connectivity index (χ4n) is 4.05. The summed E-state index contributed by atoms with van der Waals surface area (Å²) in [4.78, 5) is 26.0. The van der Waals surface area contributed by atoms with E-state index < -0.39 is 23.8 Å². The van der Waals surface area contributed by atoms with Gasteiger partial charge in [-0.1, -0.05) is 0 Å². The fraction of sp³-hybridized carbons (Fsp3) is 0.526. The Morgan fingerprint density at radius 2 is 1.94 bits per heavy atom. The second-order valence-electron chi connectivity index (χ2n) is 7.73. The molecule has 2 saturated heterocycles. The number of aryl methyl sites for hydroxylation is 1. The number of hydrogen-bond acceptors (Lipinski definition) is 7. The minimum absolute atomic E-state index is 0.0779. The van der Waals surface area contributed by atoms with Crippen molar-refractivity contribution in [1.29, 1.82) is 0 Å². The molecule has 1 aromatic carbocycles. The maximum absolute atomic E-state index is 14.9. The highest BCUT2D eigenvalue weighted by molar-refractivity contribution is 5.90. The largest absolute Gasteiger partial charge is 0.442 e. The second-order valence-corrected chi connectivity index (χ2v) is 7.73. The molecule has 1 unspecified atom stereocenters. The number of benzene rings is 1. The van der Waals surface area contributed by atoms with Crippen LogP contribution in [0.3, 0.4) is 0 Å². The number of ether oxygens (including phenoxy) is 1. The van der Waals surface area contributed by atoms with E-state index in [-0.39, 0.29) is 36.3 Å². The van der Waals surface area contributed by atoms with Crippen molar-refractivity contribution < 1.29 is 23.1 Å². The van der Waals surface area contributed by atoms with Crippen LogP contribution >= 0.6 is 0 Å². The van der Waals surface area contributed by atoms with Crippen LogP contribution in [0.1, 0.15) is 31.5 Å². The molecule has 0 bridgehead atoms. The number of rotatable bonds is 5. The molecular weight excluding hydrogens is 412 g/mol. The molecule has 4 rings (SSSR count). The first-order chi connectivity index (χ1) is 14.8. The van der Waals surface area contributed by atoms with Crippen LogP contribution in [0.15, 0.2) is 12.1 Å². The van der Waals surface area contributed by atoms with E-state index in [0.717, 1.165) is 22.9 Å². The van der Waals surface area contributed by atoms with Crippen molar-refractivity contribution >= 4 is 23.4 Å². The molecule has 3 heterocycles. The first kappa shape index (κ1) is 20.9. The molecule has 2 aromatic rings. The normalized spacial score (nSPS) is 19.6. The molecule has 2 amide bonds. The summed E-state index contributed by atoms with van der Waals surface area (Å²) in [5.41, 5.74) is -0.0326. The van der Waals surface area contributed by atoms with Crippen molar-refractivity contribution in [3.8, 4) is 0 Å². The van der Waals surface area contributed by atoms with Crippen molar-refractivity contribution in [3.63, 3.8) is 0 Å². The molecule has 2 fully saturated rings. The first-order valence-electron chi connectivity index (χ1n) is 10.0. The SMILES string of the molecule is CC(=O)NCC1CN(c2cc(F)c(N3CCC(c4nnnn4C)CC3)c(F)c2)C(=O)O1. The summed E-state index contributed by atoms with van der Waals surface area (Å²) < 4.78 is 36.6. The highest BCUT2D eigenvalue weighted by atomic mass is 19.1. The number of anilines is 2. The van der Waals surface area contributed by atoms with Crippen molar-refractivity contribution in [1.82, 2.24) is 25.5 Å². The molecule has 2 aliphatic heterocycles. The first-order valence-corrected chi connectivity index (χ1v) is 10.0. The monoisotopic (exact) mass is 435 g/mol. The van der Waals surface area contributed by atoms with Crippen LogP contribution < -0.4 is 15.1 Å². The Labute approximate surface area is 177 Å². The molecule has 1 aromatic heterocycles. The lowest BCUT2D eigenvalue weighted by Crippen LogP contribution is -2.35. The number of carbonyl (C=O) groups excluding carboxylic acids is 2. The van der Waals surface area contributed by atoms with Gasteiger partial charge in [0, 0.05) is 45.1 Å². The number of tetrazole rings is 1. The maximum atomic E-state index is 14.9. The standard InChI is InChI=1S/C19H23F2N7O3/c1-11(29)22-9-14-10-28(19(30)31-14)13-7-15(20)17(16(21)8-13)27-5-3-12(4-6-27)18-23-24-25-26(18)2/h7-8,12,14H,3-6,9-10H2,1-2H3,(H,22,29). The van der Waals surface area contributed by atoms with Crippen LogP contribution in [0.4, 0.5) is 25.0 Å². The topological polar surface area (TPSA) is 105 Å². The van der Waals surface area contributed by atoms with Gasteiger partial charge in [-0.05, 0) is 23.3 Å². The summed E-state index contributed by atoms with van der Waals surface area (Å²) in [6, 6.07) is 2.28. The van der Waals surface area contributed by atoms with Crippen molar-refractivity contribution in [2.75, 3.05) is 36.0 Å². The van der Waals surface area contributed by atoms with E-state index in [2.05, 4.69) is 20.8 Å². The van der Waals surface area contributed by atoms with Crippen molar-refractivity contribution in [2.45, 2.75) is 31.8 Å². The summed E-state index contributed by atoms with van der Waals surface area (Å²) in [5.74, 6) is -0.854. The van der Waals surface area contributed by atoms with E-state index >= 15 is 0 Å². The molecule has 0 radical (unpaired) electrons. The van der Waals surface area contributed by atoms with Gasteiger partial charge in [-0.2, -0.15) is 0 Å². The minimum atomic E-state index is -0.744. The third-order valence-corrected chi connectivity index (χ3v) is 5.60. The zero-order valence-corrected chi connectivity index (χ0v) is 17.2. The Bertz CT molecular complexity index is 968. The van der Waals surface area contributed by atoms with Gasteiger partial charge in [-0.15, -0.1) is 5.10 Å². The zero-order valence-electron chi connectivity index (χ0n) is 17.2. The Hall–Kier alpha value is -3.31. The summed E-state index contributed by atoms with van der Waals surface area (Å²) >= 11 is 0. The molecule has 1 atom stereocenters. The smallest absolute Gasteiger partial charge is 0.414 e. The minimum Gasteiger partial charge on any atom is -0.442 e. The lowest BCUT2D eigenvalue weighted by Gasteiger charge is -2.33. The number of hydrogen-bond donors (Lipinski definition) is 1. The van der Waals surface area contributed by atoms with E-state index in [4.69, 9.17) is 4.74 Å². The highest BCUT2D eigenvalue weighted by Gasteiger charge is 2.34. The van der Waals surface area contributed by atoms with Crippen LogP contribution in [-0.2, 0) is 16.6 Å². The van der Waals surface area contributed by atoms with Crippen LogP contribution in [0.2, 0.25) is 0 Å². The van der Waals surface area contributed by atoms with Gasteiger partial charge in [0.15, 0.2) is 17.5 Å². The predicted octanol–water partition coefficient (Wildman–Crippen LogP) is 1.33. The lowest BCUT2D eigenvalue weighted by atomic mass is 9.95. The van der Waals surface area contributed by atoms with Crippen molar-refractivity contribution in [3.05, 3.63) is 29.6 Å². The Kier molecular flexibility index (Phi) is 5.70. The average Bonchev–Trinajstić information content (AvgIpc) is 3.31. The average molecular weight is 435 g/mol. The van der Waals surface area contributed by atoms with Gasteiger partial charge in [0.1, 0.15) is 11.8 Å². The summed E-state index contributed by atoms with van der Waals surface area (Å²) in [6.45, 7) is 2.49. The molecule has 31 heavy (non-hydrogen) atoms. The quantitative estimate of drug-likeness (QED) is 0.755. The molecule has 0 saturated carbocycles. The molecule has 10 nitrogen and oxygen atoms in total. The molecule has 1 N–H and O–H groups in total. The number of nitrogens with zero attached hydrogens (tertiary/aromatic N) is 6. The van der Waals surface area contributed by atoms with E-state index in [1.54, 1.807) is 16.6 Å². The molecule has 2 aliphatic rings. The Morgan fingerprint density at radius 1 is 1.26 bits per heavy atom. The van der Waals surface area contributed by atoms with Gasteiger partial charge in [0.2, 0.25) is 5.91 Å². The maximum Gasteiger partial charge on any atom is 0.414 e. The van der Waals surface area contributed by atoms with Crippen LogP contribution in [0, 0.1) is 11.6 Å². The Morgan fingerprint density at radius 3 is 2.52 bits per heavy atom. The second kappa shape index (κ2) is 8.44. The van der Waals surface area contributed by atoms with E-state index in [9.17, 15) is 18.4 Å². The van der Waals surface area contributed by atoms with Gasteiger partial charge in [0.05, 0.1) is 18.8 Å². The zero-order chi connectivity index (χ0) is 22.1. The third-order valence-electron chi connectivity index (χ3n) is 5.60. The summed E-state index contributed by atoms with van der Waals surface area (Å²) in [7, 11) is 1.77. The molecule has 0 aliphatic carbocycles. The molecule has 12 heteroatoms. The number of cyclic esters (lactones) is 1.